The number of hydrogen-bond donors (Lipinski definition) is 1. The minimum atomic E-state index is 0.743. The molecule has 1 saturated heterocycles. The van der Waals surface area contributed by atoms with Crippen molar-refractivity contribution in [3.05, 3.63) is 18.5 Å². The maximum absolute atomic E-state index is 5.95. The Morgan fingerprint density at radius 2 is 2.00 bits per heavy atom. The van der Waals surface area contributed by atoms with Gasteiger partial charge in [0, 0.05) is 38.9 Å². The van der Waals surface area contributed by atoms with Gasteiger partial charge in [-0.25, -0.2) is 0 Å². The molecule has 0 amide bonds. The van der Waals surface area contributed by atoms with E-state index >= 15 is 0 Å². The largest absolute Gasteiger partial charge is 0.396 e. The van der Waals surface area contributed by atoms with E-state index < -0.39 is 0 Å². The van der Waals surface area contributed by atoms with E-state index in [-0.39, 0.29) is 0 Å². The SMILES string of the molecule is CC(C)CN1CCN(c2ccncc2N)CC1. The molecule has 17 heavy (non-hydrogen) atoms. The minimum Gasteiger partial charge on any atom is -0.396 e. The van der Waals surface area contributed by atoms with Crippen molar-refractivity contribution in [1.29, 1.82) is 0 Å². The summed E-state index contributed by atoms with van der Waals surface area (Å²) < 4.78 is 0. The van der Waals surface area contributed by atoms with Crippen molar-refractivity contribution in [3.8, 4) is 0 Å². The van der Waals surface area contributed by atoms with Crippen LogP contribution in [0.4, 0.5) is 11.4 Å². The molecule has 1 aliphatic heterocycles. The fraction of sp³-hybridized carbons (Fsp3) is 0.615. The second-order valence-corrected chi connectivity index (χ2v) is 5.12. The minimum absolute atomic E-state index is 0.743. The number of nitrogen functional groups attached to an aromatic ring is 1. The standard InChI is InChI=1S/C13H22N4/c1-11(2)10-16-5-7-17(8-6-16)13-3-4-15-9-12(13)14/h3-4,9,11H,5-8,10,14H2,1-2H3. The van der Waals surface area contributed by atoms with Crippen molar-refractivity contribution < 1.29 is 0 Å². The average molecular weight is 234 g/mol. The van der Waals surface area contributed by atoms with Crippen LogP contribution in [0.3, 0.4) is 0 Å². The van der Waals surface area contributed by atoms with Crippen LogP contribution in [0, 0.1) is 5.92 Å². The van der Waals surface area contributed by atoms with Crippen LogP contribution in [0.1, 0.15) is 13.8 Å². The van der Waals surface area contributed by atoms with Gasteiger partial charge in [0.1, 0.15) is 0 Å². The van der Waals surface area contributed by atoms with Gasteiger partial charge >= 0.3 is 0 Å². The van der Waals surface area contributed by atoms with Crippen molar-refractivity contribution in [3.63, 3.8) is 0 Å². The molecule has 1 aromatic rings. The number of aromatic nitrogens is 1. The Bertz CT molecular complexity index is 356. The van der Waals surface area contributed by atoms with Crippen LogP contribution < -0.4 is 10.6 Å². The second-order valence-electron chi connectivity index (χ2n) is 5.12. The van der Waals surface area contributed by atoms with Gasteiger partial charge in [-0.15, -0.1) is 0 Å². The van der Waals surface area contributed by atoms with Crippen molar-refractivity contribution in [2.75, 3.05) is 43.4 Å². The molecule has 1 aromatic heterocycles. The van der Waals surface area contributed by atoms with E-state index in [9.17, 15) is 0 Å². The summed E-state index contributed by atoms with van der Waals surface area (Å²) in [5.41, 5.74) is 7.86. The van der Waals surface area contributed by atoms with Gasteiger partial charge < -0.3 is 10.6 Å². The third-order valence-electron chi connectivity index (χ3n) is 3.16. The zero-order valence-corrected chi connectivity index (χ0v) is 10.8. The summed E-state index contributed by atoms with van der Waals surface area (Å²) in [6.45, 7) is 10.1. The molecule has 2 rings (SSSR count). The highest BCUT2D eigenvalue weighted by Gasteiger charge is 2.18. The van der Waals surface area contributed by atoms with Gasteiger partial charge in [0.2, 0.25) is 0 Å². The molecule has 0 radical (unpaired) electrons. The molecule has 0 unspecified atom stereocenters. The predicted octanol–water partition coefficient (Wildman–Crippen LogP) is 1.44. The quantitative estimate of drug-likeness (QED) is 0.859. The number of pyridine rings is 1. The summed E-state index contributed by atoms with van der Waals surface area (Å²) in [4.78, 5) is 8.91. The highest BCUT2D eigenvalue weighted by molar-refractivity contribution is 5.66. The smallest absolute Gasteiger partial charge is 0.0738 e. The summed E-state index contributed by atoms with van der Waals surface area (Å²) in [5.74, 6) is 0.743. The van der Waals surface area contributed by atoms with Gasteiger partial charge in [0.25, 0.3) is 0 Å². The molecule has 2 N–H and O–H groups in total. The Morgan fingerprint density at radius 1 is 1.29 bits per heavy atom. The molecular weight excluding hydrogens is 212 g/mol. The van der Waals surface area contributed by atoms with Gasteiger partial charge in [0.05, 0.1) is 17.6 Å². The fourth-order valence-electron chi connectivity index (χ4n) is 2.38. The molecule has 0 saturated carbocycles. The highest BCUT2D eigenvalue weighted by Crippen LogP contribution is 2.22. The lowest BCUT2D eigenvalue weighted by molar-refractivity contribution is 0.231. The Hall–Kier alpha value is -1.29. The molecule has 2 heterocycles. The summed E-state index contributed by atoms with van der Waals surface area (Å²) in [6.07, 6.45) is 3.54. The number of piperazine rings is 1. The normalized spacial score (nSPS) is 17.7. The number of rotatable bonds is 3. The van der Waals surface area contributed by atoms with Crippen molar-refractivity contribution in [2.24, 2.45) is 5.92 Å². The van der Waals surface area contributed by atoms with E-state index in [0.717, 1.165) is 43.5 Å². The molecule has 4 nitrogen and oxygen atoms in total. The Balaban J connectivity index is 1.93. The van der Waals surface area contributed by atoms with E-state index in [0.29, 0.717) is 0 Å². The summed E-state index contributed by atoms with van der Waals surface area (Å²) in [5, 5.41) is 0. The summed E-state index contributed by atoms with van der Waals surface area (Å²) in [6, 6.07) is 2.01. The van der Waals surface area contributed by atoms with Gasteiger partial charge in [0.15, 0.2) is 0 Å². The molecular formula is C13H22N4. The molecule has 0 aromatic carbocycles. The number of hydrogen-bond acceptors (Lipinski definition) is 4. The summed E-state index contributed by atoms with van der Waals surface area (Å²) >= 11 is 0. The topological polar surface area (TPSA) is 45.4 Å². The molecule has 0 bridgehead atoms. The fourth-order valence-corrected chi connectivity index (χ4v) is 2.38. The first-order chi connectivity index (χ1) is 8.16. The van der Waals surface area contributed by atoms with E-state index in [2.05, 4.69) is 28.6 Å². The van der Waals surface area contributed by atoms with Crippen LogP contribution in [0.25, 0.3) is 0 Å². The van der Waals surface area contributed by atoms with Gasteiger partial charge in [-0.3, -0.25) is 9.88 Å². The first-order valence-corrected chi connectivity index (χ1v) is 6.33. The van der Waals surface area contributed by atoms with Crippen LogP contribution in [0.5, 0.6) is 0 Å². The average Bonchev–Trinajstić information content (AvgIpc) is 2.30. The summed E-state index contributed by atoms with van der Waals surface area (Å²) in [7, 11) is 0. The van der Waals surface area contributed by atoms with E-state index in [1.54, 1.807) is 6.20 Å². The van der Waals surface area contributed by atoms with Crippen molar-refractivity contribution in [2.45, 2.75) is 13.8 Å². The zero-order valence-electron chi connectivity index (χ0n) is 10.8. The molecule has 0 spiro atoms. The van der Waals surface area contributed by atoms with Crippen LogP contribution in [0.15, 0.2) is 18.5 Å². The first kappa shape index (κ1) is 12.2. The van der Waals surface area contributed by atoms with Gasteiger partial charge in [-0.2, -0.15) is 0 Å². The lowest BCUT2D eigenvalue weighted by Crippen LogP contribution is -2.47. The zero-order chi connectivity index (χ0) is 12.3. The first-order valence-electron chi connectivity index (χ1n) is 6.33. The van der Waals surface area contributed by atoms with E-state index in [1.807, 2.05) is 12.3 Å². The van der Waals surface area contributed by atoms with Crippen LogP contribution in [0.2, 0.25) is 0 Å². The Morgan fingerprint density at radius 3 is 2.59 bits per heavy atom. The lowest BCUT2D eigenvalue weighted by Gasteiger charge is -2.37. The molecule has 1 aliphatic rings. The lowest BCUT2D eigenvalue weighted by atomic mass is 10.2. The maximum atomic E-state index is 5.95. The Labute approximate surface area is 103 Å². The Kier molecular flexibility index (Phi) is 3.84. The predicted molar refractivity (Wildman–Crippen MR) is 72.1 cm³/mol. The van der Waals surface area contributed by atoms with Crippen molar-refractivity contribution in [1.82, 2.24) is 9.88 Å². The van der Waals surface area contributed by atoms with Gasteiger partial charge in [-0.05, 0) is 12.0 Å². The van der Waals surface area contributed by atoms with Crippen LogP contribution >= 0.6 is 0 Å². The highest BCUT2D eigenvalue weighted by atomic mass is 15.3. The van der Waals surface area contributed by atoms with E-state index in [4.69, 9.17) is 5.73 Å². The molecule has 1 fully saturated rings. The number of nitrogens with zero attached hydrogens (tertiary/aromatic N) is 3. The second kappa shape index (κ2) is 5.36. The third kappa shape index (κ3) is 3.09. The molecule has 4 heteroatoms. The molecule has 0 aliphatic carbocycles. The van der Waals surface area contributed by atoms with Gasteiger partial charge in [-0.1, -0.05) is 13.8 Å². The van der Waals surface area contributed by atoms with E-state index in [1.165, 1.54) is 6.54 Å². The number of anilines is 2. The molecule has 94 valence electrons. The third-order valence-corrected chi connectivity index (χ3v) is 3.16. The monoisotopic (exact) mass is 234 g/mol. The number of nitrogens with two attached hydrogens (primary N) is 1. The van der Waals surface area contributed by atoms with Crippen molar-refractivity contribution >= 4 is 11.4 Å². The van der Waals surface area contributed by atoms with Crippen LogP contribution in [-0.4, -0.2) is 42.6 Å². The van der Waals surface area contributed by atoms with Crippen LogP contribution in [-0.2, 0) is 0 Å². The maximum Gasteiger partial charge on any atom is 0.0738 e. The molecule has 0 atom stereocenters.